The molecule has 0 spiro atoms. The maximum absolute atomic E-state index is 14.2. The van der Waals surface area contributed by atoms with Gasteiger partial charge in [0.05, 0.1) is 39.9 Å². The minimum atomic E-state index is -3.93. The van der Waals surface area contributed by atoms with Gasteiger partial charge in [0.15, 0.2) is 9.84 Å². The summed E-state index contributed by atoms with van der Waals surface area (Å²) in [7, 11) is -3.93. The normalized spacial score (nSPS) is 23.3. The van der Waals surface area contributed by atoms with Gasteiger partial charge in [-0.15, -0.1) is 0 Å². The molecule has 6 nitrogen and oxygen atoms in total. The van der Waals surface area contributed by atoms with E-state index in [1.807, 2.05) is 0 Å². The summed E-state index contributed by atoms with van der Waals surface area (Å²) in [6, 6.07) is 9.92. The molecule has 2 aromatic rings. The fraction of sp³-hybridized carbons (Fsp3) is 0.391. The number of carbonyl (C=O) groups is 1. The lowest BCUT2D eigenvalue weighted by molar-refractivity contribution is -0.130. The van der Waals surface area contributed by atoms with Crippen molar-refractivity contribution in [3.63, 3.8) is 0 Å². The molecule has 11 heteroatoms. The molecule has 0 bridgehead atoms. The van der Waals surface area contributed by atoms with Crippen LogP contribution in [0.5, 0.6) is 0 Å². The smallest absolute Gasteiger partial charge is 0.227 e. The predicted octanol–water partition coefficient (Wildman–Crippen LogP) is 4.58. The van der Waals surface area contributed by atoms with Crippen LogP contribution in [0, 0.1) is 28.9 Å². The van der Waals surface area contributed by atoms with Crippen molar-refractivity contribution >= 4 is 38.9 Å². The molecule has 2 fully saturated rings. The molecule has 2 saturated carbocycles. The van der Waals surface area contributed by atoms with Crippen LogP contribution in [0.15, 0.2) is 41.3 Å². The lowest BCUT2D eigenvalue weighted by Crippen LogP contribution is -2.42. The van der Waals surface area contributed by atoms with Gasteiger partial charge in [-0.05, 0) is 49.9 Å². The van der Waals surface area contributed by atoms with Crippen LogP contribution in [-0.4, -0.2) is 31.2 Å². The van der Waals surface area contributed by atoms with Gasteiger partial charge >= 0.3 is 0 Å². The first-order chi connectivity index (χ1) is 16.1. The van der Waals surface area contributed by atoms with Crippen molar-refractivity contribution in [1.82, 2.24) is 5.32 Å². The Bertz CT molecular complexity index is 1250. The summed E-state index contributed by atoms with van der Waals surface area (Å²) in [5, 5.41) is 10.9. The molecule has 180 valence electrons. The van der Waals surface area contributed by atoms with E-state index in [-0.39, 0.29) is 33.3 Å². The molecule has 0 aliphatic heterocycles. The Morgan fingerprint density at radius 3 is 2.41 bits per heavy atom. The summed E-state index contributed by atoms with van der Waals surface area (Å²) >= 11 is 11.8. The molecule has 3 atom stereocenters. The number of sulfone groups is 1. The molecule has 2 aliphatic carbocycles. The summed E-state index contributed by atoms with van der Waals surface area (Å²) < 4.78 is 60.7. The van der Waals surface area contributed by atoms with Crippen LogP contribution in [0.4, 0.5) is 8.78 Å². The van der Waals surface area contributed by atoms with E-state index in [9.17, 15) is 27.3 Å². The highest BCUT2D eigenvalue weighted by Crippen LogP contribution is 2.40. The number of nitriles is 1. The first-order valence-electron chi connectivity index (χ1n) is 10.5. The second-order valence-electron chi connectivity index (χ2n) is 8.56. The van der Waals surface area contributed by atoms with Crippen molar-refractivity contribution in [2.24, 2.45) is 5.92 Å². The molecule has 0 heterocycles. The van der Waals surface area contributed by atoms with Crippen LogP contribution in [-0.2, 0) is 26.0 Å². The van der Waals surface area contributed by atoms with E-state index in [1.165, 1.54) is 12.1 Å². The zero-order valence-corrected chi connectivity index (χ0v) is 20.1. The topological polar surface area (TPSA) is 96.3 Å². The highest BCUT2D eigenvalue weighted by Gasteiger charge is 2.50. The zero-order valence-electron chi connectivity index (χ0n) is 17.7. The van der Waals surface area contributed by atoms with Gasteiger partial charge in [0.2, 0.25) is 5.91 Å². The van der Waals surface area contributed by atoms with Gasteiger partial charge in [-0.25, -0.2) is 17.2 Å². The molecule has 2 aromatic carbocycles. The number of nitrogens with one attached hydrogen (secondary N) is 1. The minimum Gasteiger partial charge on any atom is -0.372 e. The number of benzene rings is 2. The minimum absolute atomic E-state index is 0.0552. The van der Waals surface area contributed by atoms with Crippen molar-refractivity contribution in [3.05, 3.63) is 63.6 Å². The van der Waals surface area contributed by atoms with Gasteiger partial charge in [0, 0.05) is 10.6 Å². The van der Waals surface area contributed by atoms with E-state index >= 15 is 0 Å². The van der Waals surface area contributed by atoms with E-state index in [1.54, 1.807) is 12.1 Å². The summed E-state index contributed by atoms with van der Waals surface area (Å²) in [4.78, 5) is 12.9. The SMILES string of the molecule is N#CC1(NC(=O)[C@@H]2C[C@@H](S(=O)(=O)c3ccccc3Cl)CC2OCc2c(F)cc(Cl)cc2F)CC1. The van der Waals surface area contributed by atoms with Gasteiger partial charge in [-0.2, -0.15) is 5.26 Å². The van der Waals surface area contributed by atoms with Gasteiger partial charge in [0.25, 0.3) is 0 Å². The van der Waals surface area contributed by atoms with Crippen molar-refractivity contribution in [2.75, 3.05) is 0 Å². The van der Waals surface area contributed by atoms with E-state index in [0.717, 1.165) is 12.1 Å². The average molecular weight is 529 g/mol. The van der Waals surface area contributed by atoms with Gasteiger partial charge < -0.3 is 10.1 Å². The second kappa shape index (κ2) is 9.42. The number of hydrogen-bond acceptors (Lipinski definition) is 5. The lowest BCUT2D eigenvalue weighted by Gasteiger charge is -2.21. The number of rotatable bonds is 7. The largest absolute Gasteiger partial charge is 0.372 e. The fourth-order valence-electron chi connectivity index (χ4n) is 4.14. The highest BCUT2D eigenvalue weighted by atomic mass is 35.5. The van der Waals surface area contributed by atoms with Gasteiger partial charge in [-0.3, -0.25) is 4.79 Å². The summed E-state index contributed by atoms with van der Waals surface area (Å²) in [5.41, 5.74) is -1.34. The Morgan fingerprint density at radius 1 is 1.18 bits per heavy atom. The number of halogens is 4. The Balaban J connectivity index is 1.59. The highest BCUT2D eigenvalue weighted by molar-refractivity contribution is 7.92. The third-order valence-electron chi connectivity index (χ3n) is 6.25. The van der Waals surface area contributed by atoms with Crippen LogP contribution in [0.2, 0.25) is 10.0 Å². The fourth-order valence-corrected chi connectivity index (χ4v) is 6.66. The molecule has 34 heavy (non-hydrogen) atoms. The molecule has 1 N–H and O–H groups in total. The van der Waals surface area contributed by atoms with Crippen molar-refractivity contribution in [2.45, 2.75) is 54.1 Å². The van der Waals surface area contributed by atoms with Crippen LogP contribution >= 0.6 is 23.2 Å². The third-order valence-corrected chi connectivity index (χ3v) is 9.15. The van der Waals surface area contributed by atoms with E-state index in [2.05, 4.69) is 11.4 Å². The Morgan fingerprint density at radius 2 is 1.82 bits per heavy atom. The summed E-state index contributed by atoms with van der Waals surface area (Å²) in [6.45, 7) is -0.522. The third kappa shape index (κ3) is 4.91. The standard InChI is InChI=1S/C23H20Cl2F2N2O4S/c24-13-7-18(26)16(19(27)8-13)11-33-20-10-14(34(31,32)21-4-2-1-3-17(21)25)9-15(20)22(30)29-23(12-28)5-6-23/h1-4,7-8,14-15,20H,5-6,9-11H2,(H,29,30)/t14-,15-,20?/m1/s1. The summed E-state index contributed by atoms with van der Waals surface area (Å²) in [6.07, 6.45) is -0.128. The maximum atomic E-state index is 14.2. The Labute approximate surface area is 205 Å². The van der Waals surface area contributed by atoms with Crippen LogP contribution < -0.4 is 5.32 Å². The molecular weight excluding hydrogens is 509 g/mol. The monoisotopic (exact) mass is 528 g/mol. The quantitative estimate of drug-likeness (QED) is 0.567. The molecular formula is C23H20Cl2F2N2O4S. The average Bonchev–Trinajstić information content (AvgIpc) is 3.40. The number of nitrogens with zero attached hydrogens (tertiary/aromatic N) is 1. The van der Waals surface area contributed by atoms with Crippen LogP contribution in [0.25, 0.3) is 0 Å². The molecule has 0 aromatic heterocycles. The van der Waals surface area contributed by atoms with Crippen molar-refractivity contribution in [3.8, 4) is 6.07 Å². The van der Waals surface area contributed by atoms with Crippen molar-refractivity contribution in [1.29, 1.82) is 5.26 Å². The second-order valence-corrected chi connectivity index (χ2v) is 11.6. The molecule has 0 radical (unpaired) electrons. The molecule has 2 aliphatic rings. The Hall–Kier alpha value is -2.25. The maximum Gasteiger partial charge on any atom is 0.227 e. The van der Waals surface area contributed by atoms with E-state index in [4.69, 9.17) is 27.9 Å². The molecule has 1 unspecified atom stereocenters. The lowest BCUT2D eigenvalue weighted by atomic mass is 10.0. The summed E-state index contributed by atoms with van der Waals surface area (Å²) in [5.74, 6) is -3.29. The van der Waals surface area contributed by atoms with E-state index in [0.29, 0.717) is 12.8 Å². The first kappa shape index (κ1) is 24.9. The molecule has 1 amide bonds. The zero-order chi connectivity index (χ0) is 24.7. The van der Waals surface area contributed by atoms with E-state index < -0.39 is 56.8 Å². The van der Waals surface area contributed by atoms with Crippen LogP contribution in [0.3, 0.4) is 0 Å². The predicted molar refractivity (Wildman–Crippen MR) is 121 cm³/mol. The molecule has 4 rings (SSSR count). The number of hydrogen-bond donors (Lipinski definition) is 1. The van der Waals surface area contributed by atoms with Crippen molar-refractivity contribution < 1.29 is 26.7 Å². The first-order valence-corrected chi connectivity index (χ1v) is 12.8. The van der Waals surface area contributed by atoms with Gasteiger partial charge in [-0.1, -0.05) is 35.3 Å². The van der Waals surface area contributed by atoms with Gasteiger partial charge in [0.1, 0.15) is 17.2 Å². The number of carbonyl (C=O) groups excluding carboxylic acids is 1. The number of amides is 1. The number of ether oxygens (including phenoxy) is 1. The Kier molecular flexibility index (Phi) is 6.89. The molecule has 0 saturated heterocycles. The van der Waals surface area contributed by atoms with Crippen LogP contribution in [0.1, 0.15) is 31.2 Å².